The molecule has 0 saturated carbocycles. The van der Waals surface area contributed by atoms with E-state index in [0.29, 0.717) is 0 Å². The van der Waals surface area contributed by atoms with Crippen molar-refractivity contribution >= 4 is 35.0 Å². The SMILES string of the molecule is CC(Cl)SC(C)Cl. The molecule has 7 heavy (non-hydrogen) atoms. The Morgan fingerprint density at radius 1 is 1.14 bits per heavy atom. The van der Waals surface area contributed by atoms with E-state index in [-0.39, 0.29) is 9.42 Å². The lowest BCUT2D eigenvalue weighted by Gasteiger charge is -2.01. The van der Waals surface area contributed by atoms with Crippen LogP contribution in [0.4, 0.5) is 0 Å². The summed E-state index contributed by atoms with van der Waals surface area (Å²) in [5.74, 6) is 0. The van der Waals surface area contributed by atoms with Gasteiger partial charge in [0.1, 0.15) is 0 Å². The first-order valence-corrected chi connectivity index (χ1v) is 3.88. The van der Waals surface area contributed by atoms with Crippen LogP contribution in [0.2, 0.25) is 0 Å². The van der Waals surface area contributed by atoms with Gasteiger partial charge in [0.05, 0.1) is 9.42 Å². The summed E-state index contributed by atoms with van der Waals surface area (Å²) in [7, 11) is 0. The van der Waals surface area contributed by atoms with Crippen molar-refractivity contribution in [1.29, 1.82) is 0 Å². The molecule has 0 rings (SSSR count). The van der Waals surface area contributed by atoms with Gasteiger partial charge in [0, 0.05) is 0 Å². The Balaban J connectivity index is 2.95. The van der Waals surface area contributed by atoms with Gasteiger partial charge in [0.25, 0.3) is 0 Å². The topological polar surface area (TPSA) is 0 Å². The molecule has 0 aromatic carbocycles. The van der Waals surface area contributed by atoms with Crippen LogP contribution in [0.1, 0.15) is 13.8 Å². The summed E-state index contributed by atoms with van der Waals surface area (Å²) in [4.78, 5) is 0. The molecule has 0 saturated heterocycles. The molecule has 0 aromatic heterocycles. The maximum Gasteiger partial charge on any atom is 0.0775 e. The van der Waals surface area contributed by atoms with Crippen molar-refractivity contribution in [3.05, 3.63) is 0 Å². The lowest BCUT2D eigenvalue weighted by Crippen LogP contribution is -1.88. The van der Waals surface area contributed by atoms with Gasteiger partial charge < -0.3 is 0 Å². The quantitative estimate of drug-likeness (QED) is 0.558. The van der Waals surface area contributed by atoms with Gasteiger partial charge in [-0.05, 0) is 13.8 Å². The number of hydrogen-bond donors (Lipinski definition) is 0. The molecule has 0 aliphatic carbocycles. The average molecular weight is 159 g/mol. The molecule has 0 aliphatic heterocycles. The Kier molecular flexibility index (Phi) is 4.39. The highest BCUT2D eigenvalue weighted by Gasteiger charge is 1.99. The monoisotopic (exact) mass is 158 g/mol. The number of rotatable bonds is 2. The van der Waals surface area contributed by atoms with Crippen LogP contribution >= 0.6 is 35.0 Å². The van der Waals surface area contributed by atoms with E-state index in [4.69, 9.17) is 23.2 Å². The molecule has 0 aliphatic rings. The largest absolute Gasteiger partial charge is 0.123 e. The molecule has 0 fully saturated rings. The van der Waals surface area contributed by atoms with E-state index in [1.807, 2.05) is 13.8 Å². The molecular formula is C4H8Cl2S. The third-order valence-electron chi connectivity index (χ3n) is 0.375. The van der Waals surface area contributed by atoms with Gasteiger partial charge in [-0.2, -0.15) is 0 Å². The first-order chi connectivity index (χ1) is 3.13. The molecule has 0 aromatic rings. The summed E-state index contributed by atoms with van der Waals surface area (Å²) < 4.78 is 0.264. The fourth-order valence-electron chi connectivity index (χ4n) is 0.258. The van der Waals surface area contributed by atoms with Crippen molar-refractivity contribution in [3.8, 4) is 0 Å². The molecule has 3 heteroatoms. The van der Waals surface area contributed by atoms with Gasteiger partial charge in [0.2, 0.25) is 0 Å². The first kappa shape index (κ1) is 7.93. The van der Waals surface area contributed by atoms with Crippen molar-refractivity contribution in [1.82, 2.24) is 0 Å². The third kappa shape index (κ3) is 6.93. The minimum atomic E-state index is 0.132. The zero-order valence-corrected chi connectivity index (χ0v) is 6.65. The molecule has 0 spiro atoms. The van der Waals surface area contributed by atoms with E-state index in [0.717, 1.165) is 0 Å². The van der Waals surface area contributed by atoms with Crippen molar-refractivity contribution in [3.63, 3.8) is 0 Å². The molecule has 0 N–H and O–H groups in total. The zero-order valence-electron chi connectivity index (χ0n) is 4.32. The van der Waals surface area contributed by atoms with Gasteiger partial charge in [-0.3, -0.25) is 0 Å². The van der Waals surface area contributed by atoms with Crippen molar-refractivity contribution in [2.75, 3.05) is 0 Å². The second-order valence-electron chi connectivity index (χ2n) is 1.22. The highest BCUT2D eigenvalue weighted by Crippen LogP contribution is 2.22. The minimum absolute atomic E-state index is 0.132. The number of halogens is 2. The summed E-state index contributed by atoms with van der Waals surface area (Å²) in [6.45, 7) is 3.82. The van der Waals surface area contributed by atoms with Crippen molar-refractivity contribution in [2.45, 2.75) is 23.3 Å². The lowest BCUT2D eigenvalue weighted by atomic mass is 10.9. The summed E-state index contributed by atoms with van der Waals surface area (Å²) in [5, 5.41) is 0. The van der Waals surface area contributed by atoms with Crippen LogP contribution in [0, 0.1) is 0 Å². The number of thioether (sulfide) groups is 1. The second kappa shape index (κ2) is 3.88. The van der Waals surface area contributed by atoms with Gasteiger partial charge in [-0.15, -0.1) is 35.0 Å². The van der Waals surface area contributed by atoms with E-state index in [1.165, 1.54) is 0 Å². The Hall–Kier alpha value is 0.930. The summed E-state index contributed by atoms with van der Waals surface area (Å²) in [5.41, 5.74) is 0. The molecule has 0 radical (unpaired) electrons. The van der Waals surface area contributed by atoms with E-state index in [1.54, 1.807) is 11.8 Å². The standard InChI is InChI=1S/C4H8Cl2S/c1-3(5)7-4(2)6/h3-4H,1-2H3. The lowest BCUT2D eigenvalue weighted by molar-refractivity contribution is 1.33. The molecule has 0 heterocycles. The Morgan fingerprint density at radius 3 is 1.43 bits per heavy atom. The third-order valence-corrected chi connectivity index (χ3v) is 1.74. The maximum atomic E-state index is 5.55. The summed E-state index contributed by atoms with van der Waals surface area (Å²) >= 11 is 12.6. The average Bonchev–Trinajstić information content (AvgIpc) is 1.27. The normalized spacial score (nSPS) is 18.9. The molecule has 2 atom stereocenters. The minimum Gasteiger partial charge on any atom is -0.123 e. The van der Waals surface area contributed by atoms with E-state index < -0.39 is 0 Å². The van der Waals surface area contributed by atoms with E-state index >= 15 is 0 Å². The van der Waals surface area contributed by atoms with Crippen LogP contribution in [-0.2, 0) is 0 Å². The van der Waals surface area contributed by atoms with Gasteiger partial charge in [0.15, 0.2) is 0 Å². The maximum absolute atomic E-state index is 5.55. The van der Waals surface area contributed by atoms with Crippen LogP contribution in [-0.4, -0.2) is 9.42 Å². The second-order valence-corrected chi connectivity index (χ2v) is 4.74. The molecule has 0 amide bonds. The van der Waals surface area contributed by atoms with Gasteiger partial charge >= 0.3 is 0 Å². The Labute approximate surface area is 58.6 Å². The fourth-order valence-corrected chi connectivity index (χ4v) is 1.86. The van der Waals surface area contributed by atoms with Crippen LogP contribution in [0.5, 0.6) is 0 Å². The molecular weight excluding hydrogens is 151 g/mol. The van der Waals surface area contributed by atoms with Gasteiger partial charge in [-0.25, -0.2) is 0 Å². The zero-order chi connectivity index (χ0) is 5.86. The first-order valence-electron chi connectivity index (χ1n) is 2.06. The van der Waals surface area contributed by atoms with E-state index in [2.05, 4.69) is 0 Å². The van der Waals surface area contributed by atoms with Crippen LogP contribution in [0.25, 0.3) is 0 Å². The van der Waals surface area contributed by atoms with E-state index in [9.17, 15) is 0 Å². The van der Waals surface area contributed by atoms with Crippen LogP contribution < -0.4 is 0 Å². The molecule has 2 unspecified atom stereocenters. The number of hydrogen-bond acceptors (Lipinski definition) is 1. The van der Waals surface area contributed by atoms with Crippen molar-refractivity contribution in [2.24, 2.45) is 0 Å². The predicted octanol–water partition coefficient (Wildman–Crippen LogP) is 2.89. The Morgan fingerprint density at radius 2 is 1.43 bits per heavy atom. The highest BCUT2D eigenvalue weighted by molar-refractivity contribution is 8.02. The van der Waals surface area contributed by atoms with Gasteiger partial charge in [-0.1, -0.05) is 0 Å². The number of alkyl halides is 2. The fraction of sp³-hybridized carbons (Fsp3) is 1.00. The molecule has 0 nitrogen and oxygen atoms in total. The predicted molar refractivity (Wildman–Crippen MR) is 38.2 cm³/mol. The summed E-state index contributed by atoms with van der Waals surface area (Å²) in [6.07, 6.45) is 0. The van der Waals surface area contributed by atoms with Crippen LogP contribution in [0.3, 0.4) is 0 Å². The van der Waals surface area contributed by atoms with Crippen molar-refractivity contribution < 1.29 is 0 Å². The highest BCUT2D eigenvalue weighted by atomic mass is 35.5. The Bertz CT molecular complexity index is 39.0. The summed E-state index contributed by atoms with van der Waals surface area (Å²) in [6, 6.07) is 0. The smallest absolute Gasteiger partial charge is 0.0775 e. The van der Waals surface area contributed by atoms with Crippen LogP contribution in [0.15, 0.2) is 0 Å². The molecule has 0 bridgehead atoms. The molecule has 44 valence electrons.